The predicted molar refractivity (Wildman–Crippen MR) is 120 cm³/mol. The molecule has 220 valence electrons. The van der Waals surface area contributed by atoms with Gasteiger partial charge in [-0.05, 0) is 11.8 Å². The van der Waals surface area contributed by atoms with Gasteiger partial charge in [-0.1, -0.05) is 20.8 Å². The minimum atomic E-state index is -1.93. The van der Waals surface area contributed by atoms with E-state index in [1.54, 1.807) is 20.8 Å². The Labute approximate surface area is 214 Å². The van der Waals surface area contributed by atoms with E-state index in [-0.39, 0.29) is 6.42 Å². The van der Waals surface area contributed by atoms with Crippen LogP contribution >= 0.6 is 0 Å². The molecular formula is C22H42O15. The molecule has 2 heterocycles. The van der Waals surface area contributed by atoms with Crippen molar-refractivity contribution in [2.45, 2.75) is 113 Å². The largest absolute Gasteiger partial charge is 0.394 e. The van der Waals surface area contributed by atoms with Crippen LogP contribution in [0.25, 0.3) is 0 Å². The van der Waals surface area contributed by atoms with Gasteiger partial charge in [-0.2, -0.15) is 0 Å². The Morgan fingerprint density at radius 3 is 1.76 bits per heavy atom. The van der Waals surface area contributed by atoms with Crippen molar-refractivity contribution < 1.29 is 75.1 Å². The van der Waals surface area contributed by atoms with Gasteiger partial charge in [-0.25, -0.2) is 0 Å². The summed E-state index contributed by atoms with van der Waals surface area (Å²) in [6.07, 6.45) is -23.7. The Hall–Kier alpha value is -0.600. The van der Waals surface area contributed by atoms with Crippen LogP contribution in [0.3, 0.4) is 0 Å². The molecule has 2 aliphatic rings. The van der Waals surface area contributed by atoms with Crippen molar-refractivity contribution in [3.05, 3.63) is 0 Å². The highest BCUT2D eigenvalue weighted by molar-refractivity contribution is 4.95. The van der Waals surface area contributed by atoms with Crippen molar-refractivity contribution in [1.82, 2.24) is 0 Å². The minimum Gasteiger partial charge on any atom is -0.394 e. The summed E-state index contributed by atoms with van der Waals surface area (Å²) in [6.45, 7) is 2.91. The third-order valence-corrected chi connectivity index (χ3v) is 6.37. The monoisotopic (exact) mass is 546 g/mol. The molecule has 15 heteroatoms. The van der Waals surface area contributed by atoms with E-state index in [0.717, 1.165) is 0 Å². The van der Waals surface area contributed by atoms with E-state index in [2.05, 4.69) is 0 Å². The highest BCUT2D eigenvalue weighted by atomic mass is 16.7. The molecule has 15 nitrogen and oxygen atoms in total. The van der Waals surface area contributed by atoms with Crippen LogP contribution in [-0.4, -0.2) is 162 Å². The Morgan fingerprint density at radius 1 is 0.703 bits per heavy atom. The van der Waals surface area contributed by atoms with E-state index in [1.165, 1.54) is 0 Å². The zero-order valence-electron chi connectivity index (χ0n) is 21.0. The van der Waals surface area contributed by atoms with Gasteiger partial charge in [0.25, 0.3) is 0 Å². The summed E-state index contributed by atoms with van der Waals surface area (Å²) in [5, 5.41) is 112. The molecule has 37 heavy (non-hydrogen) atoms. The van der Waals surface area contributed by atoms with Gasteiger partial charge in [0.1, 0.15) is 67.1 Å². The van der Waals surface area contributed by atoms with Gasteiger partial charge < -0.3 is 75.1 Å². The number of hydrogen-bond donors (Lipinski definition) is 11. The third-order valence-electron chi connectivity index (χ3n) is 6.37. The van der Waals surface area contributed by atoms with Crippen LogP contribution in [-0.2, 0) is 18.9 Å². The first-order valence-electron chi connectivity index (χ1n) is 12.1. The number of rotatable bonds is 11. The van der Waals surface area contributed by atoms with Gasteiger partial charge in [0, 0.05) is 0 Å². The van der Waals surface area contributed by atoms with E-state index in [9.17, 15) is 56.2 Å². The molecule has 0 aliphatic carbocycles. The second-order valence-electron chi connectivity index (χ2n) is 10.7. The lowest BCUT2D eigenvalue weighted by Crippen LogP contribution is -2.65. The Kier molecular flexibility index (Phi) is 12.0. The fourth-order valence-corrected chi connectivity index (χ4v) is 4.29. The molecule has 0 aromatic carbocycles. The van der Waals surface area contributed by atoms with Crippen molar-refractivity contribution in [2.75, 3.05) is 19.8 Å². The van der Waals surface area contributed by atoms with Crippen LogP contribution in [0.4, 0.5) is 0 Å². The van der Waals surface area contributed by atoms with Gasteiger partial charge in [0.2, 0.25) is 0 Å². The Balaban J connectivity index is 2.26. The third kappa shape index (κ3) is 7.97. The van der Waals surface area contributed by atoms with Crippen LogP contribution < -0.4 is 0 Å². The van der Waals surface area contributed by atoms with E-state index >= 15 is 0 Å². The maximum atomic E-state index is 10.9. The molecule has 0 saturated carbocycles. The number of aliphatic hydroxyl groups is 11. The summed E-state index contributed by atoms with van der Waals surface area (Å²) in [7, 11) is 0. The molecule has 0 radical (unpaired) electrons. The summed E-state index contributed by atoms with van der Waals surface area (Å²) < 4.78 is 21.6. The topological polar surface area (TPSA) is 259 Å². The van der Waals surface area contributed by atoms with Gasteiger partial charge in [0.05, 0.1) is 25.9 Å². The Morgan fingerprint density at radius 2 is 1.24 bits per heavy atom. The zero-order chi connectivity index (χ0) is 28.2. The van der Waals surface area contributed by atoms with E-state index in [4.69, 9.17) is 18.9 Å². The van der Waals surface area contributed by atoms with Crippen LogP contribution in [0.5, 0.6) is 0 Å². The summed E-state index contributed by atoms with van der Waals surface area (Å²) in [5.41, 5.74) is -0.438. The zero-order valence-corrected chi connectivity index (χ0v) is 21.0. The molecular weight excluding hydrogens is 504 g/mol. The molecule has 0 aromatic heterocycles. The fourth-order valence-electron chi connectivity index (χ4n) is 4.29. The van der Waals surface area contributed by atoms with Crippen molar-refractivity contribution in [1.29, 1.82) is 0 Å². The lowest BCUT2D eigenvalue weighted by molar-refractivity contribution is -0.369. The Bertz CT molecular complexity index is 675. The maximum Gasteiger partial charge on any atom is 0.187 e. The number of ether oxygens (including phenoxy) is 4. The van der Waals surface area contributed by atoms with Crippen molar-refractivity contribution in [3.8, 4) is 0 Å². The summed E-state index contributed by atoms with van der Waals surface area (Å²) in [4.78, 5) is 0. The second kappa shape index (κ2) is 13.6. The molecule has 14 atom stereocenters. The lowest BCUT2D eigenvalue weighted by Gasteiger charge is -2.46. The first-order valence-corrected chi connectivity index (χ1v) is 12.1. The van der Waals surface area contributed by atoms with E-state index in [0.29, 0.717) is 0 Å². The van der Waals surface area contributed by atoms with Crippen LogP contribution in [0.2, 0.25) is 0 Å². The summed E-state index contributed by atoms with van der Waals surface area (Å²) in [5.74, 6) is 0. The van der Waals surface area contributed by atoms with Crippen LogP contribution in [0.1, 0.15) is 27.2 Å². The molecule has 2 saturated heterocycles. The molecule has 2 aliphatic heterocycles. The van der Waals surface area contributed by atoms with Crippen LogP contribution in [0, 0.1) is 5.41 Å². The SMILES string of the molecule is CC(C)(C)C[C@H](O)[C@@H](O)[C@@H](O[C@@H]1O[C@H](CO)[C@H](O)[C@H](O[C@H]2O[C@H](CO)[C@H](O)[C@H](O)[C@H]2O)[C@H]1O)[C@H](O)CO. The van der Waals surface area contributed by atoms with E-state index in [1.807, 2.05) is 0 Å². The van der Waals surface area contributed by atoms with E-state index < -0.39 is 111 Å². The molecule has 0 amide bonds. The molecule has 2 rings (SSSR count). The predicted octanol–water partition coefficient (Wildman–Crippen LogP) is -5.49. The second-order valence-corrected chi connectivity index (χ2v) is 10.7. The molecule has 0 unspecified atom stereocenters. The smallest absolute Gasteiger partial charge is 0.187 e. The highest BCUT2D eigenvalue weighted by Crippen LogP contribution is 2.31. The molecule has 11 N–H and O–H groups in total. The van der Waals surface area contributed by atoms with Crippen molar-refractivity contribution >= 4 is 0 Å². The van der Waals surface area contributed by atoms with Crippen molar-refractivity contribution in [3.63, 3.8) is 0 Å². The van der Waals surface area contributed by atoms with Crippen LogP contribution in [0.15, 0.2) is 0 Å². The summed E-state index contributed by atoms with van der Waals surface area (Å²) in [6, 6.07) is 0. The standard InChI is InChI=1S/C22H42O15/c1-22(2,3)4-8(26)12(28)18(9(27)5-23)36-21-17(33)19(14(30)11(7-25)35-21)37-20-16(32)15(31)13(29)10(6-24)34-20/h8-21,23-33H,4-7H2,1-3H3/t8-,9+,10+,11+,12+,13-,14-,15-,16+,17+,18-,19-,20+,21-/m0/s1. The quantitative estimate of drug-likeness (QED) is 0.115. The average Bonchev–Trinajstić information content (AvgIpc) is 2.84. The average molecular weight is 547 g/mol. The first-order chi connectivity index (χ1) is 17.2. The van der Waals surface area contributed by atoms with Crippen molar-refractivity contribution in [2.24, 2.45) is 5.41 Å². The van der Waals surface area contributed by atoms with Gasteiger partial charge in [-0.3, -0.25) is 0 Å². The normalized spacial score (nSPS) is 40.7. The first kappa shape index (κ1) is 32.6. The van der Waals surface area contributed by atoms with Gasteiger partial charge >= 0.3 is 0 Å². The maximum absolute atomic E-state index is 10.9. The molecule has 0 bridgehead atoms. The number of aliphatic hydroxyl groups excluding tert-OH is 11. The fraction of sp³-hybridized carbons (Fsp3) is 1.00. The van der Waals surface area contributed by atoms with Gasteiger partial charge in [0.15, 0.2) is 12.6 Å². The lowest BCUT2D eigenvalue weighted by atomic mass is 9.86. The molecule has 2 fully saturated rings. The molecule has 0 aromatic rings. The minimum absolute atomic E-state index is 0.0705. The number of hydrogen-bond acceptors (Lipinski definition) is 15. The molecule has 0 spiro atoms. The summed E-state index contributed by atoms with van der Waals surface area (Å²) >= 11 is 0. The highest BCUT2D eigenvalue weighted by Gasteiger charge is 2.52. The van der Waals surface area contributed by atoms with Gasteiger partial charge in [-0.15, -0.1) is 0 Å².